The summed E-state index contributed by atoms with van der Waals surface area (Å²) in [6.45, 7) is 12.8. The molecule has 0 aromatic heterocycles. The zero-order valence-electron chi connectivity index (χ0n) is 12.7. The molecule has 0 aliphatic carbocycles. The van der Waals surface area contributed by atoms with E-state index >= 15 is 0 Å². The summed E-state index contributed by atoms with van der Waals surface area (Å²) in [7, 11) is 0. The summed E-state index contributed by atoms with van der Waals surface area (Å²) < 4.78 is 1.06. The predicted molar refractivity (Wildman–Crippen MR) is 86.7 cm³/mol. The van der Waals surface area contributed by atoms with Crippen LogP contribution in [0.2, 0.25) is 0 Å². The third-order valence-corrected chi connectivity index (χ3v) is 3.45. The molecule has 0 fully saturated rings. The predicted octanol–water partition coefficient (Wildman–Crippen LogP) is 4.62. The van der Waals surface area contributed by atoms with Crippen LogP contribution >= 0.6 is 15.9 Å². The quantitative estimate of drug-likeness (QED) is 0.823. The first-order chi connectivity index (χ1) is 8.81. The lowest BCUT2D eigenvalue weighted by atomic mass is 10.0. The first-order valence-electron chi connectivity index (χ1n) is 7.03. The minimum atomic E-state index is -0.440. The number of nitrogens with zero attached hydrogens (tertiary/aromatic N) is 1. The first-order valence-corrected chi connectivity index (χ1v) is 7.83. The molecule has 0 radical (unpaired) electrons. The highest BCUT2D eigenvalue weighted by atomic mass is 79.9. The molecule has 1 unspecified atom stereocenters. The van der Waals surface area contributed by atoms with Crippen LogP contribution in [-0.4, -0.2) is 18.2 Å². The van der Waals surface area contributed by atoms with Crippen molar-refractivity contribution in [2.75, 3.05) is 18.0 Å². The van der Waals surface area contributed by atoms with Crippen molar-refractivity contribution in [2.45, 2.75) is 40.7 Å². The van der Waals surface area contributed by atoms with Crippen LogP contribution in [0.1, 0.15) is 46.3 Å². The highest BCUT2D eigenvalue weighted by Crippen LogP contribution is 2.30. The average Bonchev–Trinajstić information content (AvgIpc) is 2.26. The number of aliphatic hydroxyl groups is 1. The summed E-state index contributed by atoms with van der Waals surface area (Å²) in [6, 6.07) is 6.12. The van der Waals surface area contributed by atoms with E-state index < -0.39 is 6.10 Å². The van der Waals surface area contributed by atoms with Crippen molar-refractivity contribution in [1.82, 2.24) is 0 Å². The molecule has 0 spiro atoms. The summed E-state index contributed by atoms with van der Waals surface area (Å²) in [5, 5.41) is 9.97. The van der Waals surface area contributed by atoms with E-state index in [4.69, 9.17) is 0 Å². The smallest absolute Gasteiger partial charge is 0.0782 e. The van der Waals surface area contributed by atoms with Crippen molar-refractivity contribution < 1.29 is 5.11 Å². The SMILES string of the molecule is CC(C)CN(CC(C)C)c1cc(Br)ccc1C(C)O. The van der Waals surface area contributed by atoms with Gasteiger partial charge in [-0.15, -0.1) is 0 Å². The molecule has 1 N–H and O–H groups in total. The Bertz CT molecular complexity index is 392. The van der Waals surface area contributed by atoms with E-state index in [0.717, 1.165) is 28.8 Å². The molecular weight excluding hydrogens is 302 g/mol. The lowest BCUT2D eigenvalue weighted by Crippen LogP contribution is -2.32. The van der Waals surface area contributed by atoms with Crippen molar-refractivity contribution >= 4 is 21.6 Å². The van der Waals surface area contributed by atoms with Gasteiger partial charge in [0.1, 0.15) is 0 Å². The first kappa shape index (κ1) is 16.5. The summed E-state index contributed by atoms with van der Waals surface area (Å²) >= 11 is 3.54. The fourth-order valence-corrected chi connectivity index (χ4v) is 2.65. The summed E-state index contributed by atoms with van der Waals surface area (Å²) in [6.07, 6.45) is -0.440. The number of benzene rings is 1. The maximum atomic E-state index is 9.97. The Morgan fingerprint density at radius 3 is 2.00 bits per heavy atom. The lowest BCUT2D eigenvalue weighted by molar-refractivity contribution is 0.199. The van der Waals surface area contributed by atoms with Gasteiger partial charge in [0, 0.05) is 28.8 Å². The molecule has 2 nitrogen and oxygen atoms in total. The molecule has 19 heavy (non-hydrogen) atoms. The van der Waals surface area contributed by atoms with Crippen LogP contribution in [0.15, 0.2) is 22.7 Å². The van der Waals surface area contributed by atoms with Gasteiger partial charge in [0.25, 0.3) is 0 Å². The fraction of sp³-hybridized carbons (Fsp3) is 0.625. The van der Waals surface area contributed by atoms with Gasteiger partial charge in [0.15, 0.2) is 0 Å². The van der Waals surface area contributed by atoms with Gasteiger partial charge < -0.3 is 10.0 Å². The summed E-state index contributed by atoms with van der Waals surface area (Å²) in [5.74, 6) is 1.19. The monoisotopic (exact) mass is 327 g/mol. The molecule has 1 aromatic carbocycles. The molecule has 1 aromatic rings. The largest absolute Gasteiger partial charge is 0.389 e. The van der Waals surface area contributed by atoms with Gasteiger partial charge in [0.2, 0.25) is 0 Å². The standard InChI is InChI=1S/C16H26BrNO/c1-11(2)9-18(10-12(3)4)16-8-14(17)6-7-15(16)13(5)19/h6-8,11-13,19H,9-10H2,1-5H3. The van der Waals surface area contributed by atoms with Crippen LogP contribution in [0.25, 0.3) is 0 Å². The fourth-order valence-electron chi connectivity index (χ4n) is 2.30. The topological polar surface area (TPSA) is 23.5 Å². The highest BCUT2D eigenvalue weighted by molar-refractivity contribution is 9.10. The van der Waals surface area contributed by atoms with E-state index in [2.05, 4.69) is 54.6 Å². The highest BCUT2D eigenvalue weighted by Gasteiger charge is 2.17. The summed E-state index contributed by atoms with van der Waals surface area (Å²) in [4.78, 5) is 2.39. The molecule has 0 saturated heterocycles. The van der Waals surface area contributed by atoms with Crippen LogP contribution < -0.4 is 4.90 Å². The minimum Gasteiger partial charge on any atom is -0.389 e. The Balaban J connectivity index is 3.15. The maximum Gasteiger partial charge on any atom is 0.0782 e. The Morgan fingerprint density at radius 2 is 1.58 bits per heavy atom. The molecule has 1 atom stereocenters. The molecule has 0 aliphatic heterocycles. The van der Waals surface area contributed by atoms with Crippen LogP contribution in [0.3, 0.4) is 0 Å². The van der Waals surface area contributed by atoms with Gasteiger partial charge in [-0.1, -0.05) is 49.7 Å². The Labute approximate surface area is 126 Å². The van der Waals surface area contributed by atoms with Crippen molar-refractivity contribution in [3.05, 3.63) is 28.2 Å². The number of rotatable bonds is 6. The molecule has 1 rings (SSSR count). The van der Waals surface area contributed by atoms with Gasteiger partial charge in [-0.2, -0.15) is 0 Å². The molecule has 0 aliphatic rings. The molecular formula is C16H26BrNO. The van der Waals surface area contributed by atoms with E-state index in [1.807, 2.05) is 19.1 Å². The summed E-state index contributed by atoms with van der Waals surface area (Å²) in [5.41, 5.74) is 2.15. The molecule has 0 heterocycles. The van der Waals surface area contributed by atoms with Crippen molar-refractivity contribution in [1.29, 1.82) is 0 Å². The van der Waals surface area contributed by atoms with Gasteiger partial charge >= 0.3 is 0 Å². The van der Waals surface area contributed by atoms with E-state index in [1.54, 1.807) is 0 Å². The molecule has 108 valence electrons. The van der Waals surface area contributed by atoms with Crippen LogP contribution in [0.5, 0.6) is 0 Å². The van der Waals surface area contributed by atoms with Crippen LogP contribution in [0.4, 0.5) is 5.69 Å². The van der Waals surface area contributed by atoms with Gasteiger partial charge in [-0.3, -0.25) is 0 Å². The molecule has 0 amide bonds. The van der Waals surface area contributed by atoms with E-state index in [9.17, 15) is 5.11 Å². The number of hydrogen-bond donors (Lipinski definition) is 1. The van der Waals surface area contributed by atoms with Gasteiger partial charge in [-0.05, 0) is 30.9 Å². The third-order valence-electron chi connectivity index (χ3n) is 2.95. The zero-order chi connectivity index (χ0) is 14.6. The van der Waals surface area contributed by atoms with E-state index in [1.165, 1.54) is 0 Å². The van der Waals surface area contributed by atoms with Crippen LogP contribution in [0, 0.1) is 11.8 Å². The Hall–Kier alpha value is -0.540. The third kappa shape index (κ3) is 5.15. The normalized spacial score (nSPS) is 13.1. The van der Waals surface area contributed by atoms with Gasteiger partial charge in [0.05, 0.1) is 6.10 Å². The average molecular weight is 328 g/mol. The minimum absolute atomic E-state index is 0.440. The number of halogens is 1. The second-order valence-corrected chi connectivity index (χ2v) is 6.99. The van der Waals surface area contributed by atoms with Crippen LogP contribution in [-0.2, 0) is 0 Å². The van der Waals surface area contributed by atoms with Crippen molar-refractivity contribution in [3.63, 3.8) is 0 Å². The second-order valence-electron chi connectivity index (χ2n) is 6.07. The van der Waals surface area contributed by atoms with Crippen molar-refractivity contribution in [3.8, 4) is 0 Å². The molecule has 0 saturated carbocycles. The number of aliphatic hydroxyl groups excluding tert-OH is 1. The lowest BCUT2D eigenvalue weighted by Gasteiger charge is -2.31. The Kier molecular flexibility index (Phi) is 6.34. The second kappa shape index (κ2) is 7.30. The van der Waals surface area contributed by atoms with E-state index in [-0.39, 0.29) is 0 Å². The number of anilines is 1. The number of hydrogen-bond acceptors (Lipinski definition) is 2. The molecule has 0 bridgehead atoms. The maximum absolute atomic E-state index is 9.97. The van der Waals surface area contributed by atoms with E-state index in [0.29, 0.717) is 11.8 Å². The Morgan fingerprint density at radius 1 is 1.05 bits per heavy atom. The zero-order valence-corrected chi connectivity index (χ0v) is 14.2. The van der Waals surface area contributed by atoms with Gasteiger partial charge in [-0.25, -0.2) is 0 Å². The van der Waals surface area contributed by atoms with Crippen molar-refractivity contribution in [2.24, 2.45) is 11.8 Å². The molecule has 3 heteroatoms.